The second kappa shape index (κ2) is 9.05. The highest BCUT2D eigenvalue weighted by Gasteiger charge is 2.30. The predicted octanol–water partition coefficient (Wildman–Crippen LogP) is 6.38. The van der Waals surface area contributed by atoms with Gasteiger partial charge in [0.1, 0.15) is 0 Å². The molecule has 2 fully saturated rings. The quantitative estimate of drug-likeness (QED) is 0.582. The average Bonchev–Trinajstić information content (AvgIpc) is 2.66. The fourth-order valence-electron chi connectivity index (χ4n) is 4.68. The third-order valence-corrected chi connectivity index (χ3v) is 6.40. The first-order valence-electron chi connectivity index (χ1n) is 10.3. The Hall–Kier alpha value is -1.32. The van der Waals surface area contributed by atoms with E-state index in [9.17, 15) is 8.78 Å². The smallest absolute Gasteiger partial charge is 0.204 e. The van der Waals surface area contributed by atoms with Crippen molar-refractivity contribution in [1.82, 2.24) is 0 Å². The SMILES string of the molecule is CCOc1ccc(OCC2CCC(C3CCC(C)CC3)CC2)c(F)c1F. The second-order valence-electron chi connectivity index (χ2n) is 8.23. The molecule has 4 heteroatoms. The summed E-state index contributed by atoms with van der Waals surface area (Å²) in [7, 11) is 0. The van der Waals surface area contributed by atoms with Crippen LogP contribution in [0.3, 0.4) is 0 Å². The van der Waals surface area contributed by atoms with E-state index in [0.717, 1.165) is 30.6 Å². The van der Waals surface area contributed by atoms with Gasteiger partial charge in [-0.2, -0.15) is 8.78 Å². The highest BCUT2D eigenvalue weighted by Crippen LogP contribution is 2.41. The molecule has 2 saturated carbocycles. The number of hydrogen-bond donors (Lipinski definition) is 0. The van der Waals surface area contributed by atoms with Gasteiger partial charge < -0.3 is 9.47 Å². The molecule has 0 N–H and O–H groups in total. The maximum Gasteiger partial charge on any atom is 0.204 e. The maximum atomic E-state index is 14.1. The van der Waals surface area contributed by atoms with E-state index in [1.54, 1.807) is 6.92 Å². The summed E-state index contributed by atoms with van der Waals surface area (Å²) >= 11 is 0. The summed E-state index contributed by atoms with van der Waals surface area (Å²) in [5.74, 6) is 1.15. The van der Waals surface area contributed by atoms with Gasteiger partial charge in [0.25, 0.3) is 0 Å². The third-order valence-electron chi connectivity index (χ3n) is 6.40. The Morgan fingerprint density at radius 1 is 0.808 bits per heavy atom. The van der Waals surface area contributed by atoms with Crippen LogP contribution in [0, 0.1) is 35.3 Å². The van der Waals surface area contributed by atoms with Crippen molar-refractivity contribution in [3.63, 3.8) is 0 Å². The van der Waals surface area contributed by atoms with Gasteiger partial charge in [-0.15, -0.1) is 0 Å². The Kier molecular flexibility index (Phi) is 6.77. The topological polar surface area (TPSA) is 18.5 Å². The van der Waals surface area contributed by atoms with E-state index in [-0.39, 0.29) is 11.5 Å². The maximum absolute atomic E-state index is 14.1. The summed E-state index contributed by atoms with van der Waals surface area (Å²) < 4.78 is 38.7. The molecule has 0 saturated heterocycles. The lowest BCUT2D eigenvalue weighted by molar-refractivity contribution is 0.124. The van der Waals surface area contributed by atoms with Gasteiger partial charge in [0, 0.05) is 0 Å². The lowest BCUT2D eigenvalue weighted by atomic mass is 9.69. The summed E-state index contributed by atoms with van der Waals surface area (Å²) in [6, 6.07) is 2.91. The Labute approximate surface area is 156 Å². The van der Waals surface area contributed by atoms with E-state index in [2.05, 4.69) is 6.92 Å². The zero-order valence-electron chi connectivity index (χ0n) is 16.1. The van der Waals surface area contributed by atoms with Gasteiger partial charge in [0.15, 0.2) is 11.5 Å². The van der Waals surface area contributed by atoms with E-state index in [1.165, 1.54) is 50.7 Å². The van der Waals surface area contributed by atoms with Gasteiger partial charge in [-0.25, -0.2) is 0 Å². The van der Waals surface area contributed by atoms with Gasteiger partial charge in [-0.05, 0) is 81.3 Å². The summed E-state index contributed by atoms with van der Waals surface area (Å²) in [5, 5.41) is 0. The van der Waals surface area contributed by atoms with Gasteiger partial charge in [0.05, 0.1) is 13.2 Å². The van der Waals surface area contributed by atoms with Crippen molar-refractivity contribution in [1.29, 1.82) is 0 Å². The van der Waals surface area contributed by atoms with Gasteiger partial charge in [-0.3, -0.25) is 0 Å². The van der Waals surface area contributed by atoms with Crippen LogP contribution in [-0.2, 0) is 0 Å². The van der Waals surface area contributed by atoms with E-state index in [4.69, 9.17) is 9.47 Å². The lowest BCUT2D eigenvalue weighted by Gasteiger charge is -2.37. The summed E-state index contributed by atoms with van der Waals surface area (Å²) in [6.45, 7) is 4.89. The molecule has 2 aliphatic carbocycles. The fraction of sp³-hybridized carbons (Fsp3) is 0.727. The van der Waals surface area contributed by atoms with Gasteiger partial charge >= 0.3 is 0 Å². The average molecular weight is 366 g/mol. The van der Waals surface area contributed by atoms with Crippen molar-refractivity contribution in [3.05, 3.63) is 23.8 Å². The number of hydrogen-bond acceptors (Lipinski definition) is 2. The number of halogens is 2. The molecule has 1 aromatic carbocycles. The monoisotopic (exact) mass is 366 g/mol. The van der Waals surface area contributed by atoms with Gasteiger partial charge in [-0.1, -0.05) is 19.8 Å². The van der Waals surface area contributed by atoms with Crippen LogP contribution in [0.15, 0.2) is 12.1 Å². The molecule has 0 unspecified atom stereocenters. The lowest BCUT2D eigenvalue weighted by Crippen LogP contribution is -2.27. The summed E-state index contributed by atoms with van der Waals surface area (Å²) in [6.07, 6.45) is 10.3. The molecule has 26 heavy (non-hydrogen) atoms. The minimum atomic E-state index is -0.959. The minimum Gasteiger partial charge on any atom is -0.491 e. The third kappa shape index (κ3) is 4.69. The normalized spacial score (nSPS) is 29.4. The van der Waals surface area contributed by atoms with E-state index >= 15 is 0 Å². The molecule has 0 spiro atoms. The van der Waals surface area contributed by atoms with Crippen LogP contribution >= 0.6 is 0 Å². The highest BCUT2D eigenvalue weighted by atomic mass is 19.2. The van der Waals surface area contributed by atoms with Crippen LogP contribution in [-0.4, -0.2) is 13.2 Å². The van der Waals surface area contributed by atoms with Crippen molar-refractivity contribution in [2.75, 3.05) is 13.2 Å². The van der Waals surface area contributed by atoms with Crippen LogP contribution in [0.2, 0.25) is 0 Å². The van der Waals surface area contributed by atoms with Gasteiger partial charge in [0.2, 0.25) is 11.6 Å². The number of ether oxygens (including phenoxy) is 2. The van der Waals surface area contributed by atoms with Crippen molar-refractivity contribution >= 4 is 0 Å². The second-order valence-corrected chi connectivity index (χ2v) is 8.23. The largest absolute Gasteiger partial charge is 0.491 e. The zero-order valence-corrected chi connectivity index (χ0v) is 16.1. The van der Waals surface area contributed by atoms with Crippen molar-refractivity contribution in [2.45, 2.75) is 65.2 Å². The Balaban J connectivity index is 1.46. The molecule has 0 radical (unpaired) electrons. The van der Waals surface area contributed by atoms with Crippen molar-refractivity contribution in [3.8, 4) is 11.5 Å². The van der Waals surface area contributed by atoms with Crippen LogP contribution in [0.4, 0.5) is 8.78 Å². The molecule has 0 amide bonds. The predicted molar refractivity (Wildman–Crippen MR) is 99.6 cm³/mol. The molecule has 0 bridgehead atoms. The number of rotatable bonds is 6. The van der Waals surface area contributed by atoms with E-state index in [0.29, 0.717) is 19.1 Å². The van der Waals surface area contributed by atoms with Crippen molar-refractivity contribution < 1.29 is 18.3 Å². The first-order valence-corrected chi connectivity index (χ1v) is 10.3. The summed E-state index contributed by atoms with van der Waals surface area (Å²) in [5.41, 5.74) is 0. The van der Waals surface area contributed by atoms with Crippen LogP contribution in [0.1, 0.15) is 65.2 Å². The number of benzene rings is 1. The molecule has 2 aliphatic rings. The molecule has 3 rings (SSSR count). The highest BCUT2D eigenvalue weighted by molar-refractivity contribution is 5.35. The minimum absolute atomic E-state index is 0.00524. The first kappa shape index (κ1) is 19.4. The molecular formula is C22H32F2O2. The van der Waals surface area contributed by atoms with E-state index in [1.807, 2.05) is 0 Å². The summed E-state index contributed by atoms with van der Waals surface area (Å²) in [4.78, 5) is 0. The molecular weight excluding hydrogens is 334 g/mol. The standard InChI is InChI=1S/C22H32F2O2/c1-3-25-19-12-13-20(22(24)21(19)23)26-14-16-6-10-18(11-7-16)17-8-4-15(2)5-9-17/h12-13,15-18H,3-11,14H2,1-2H3. The Morgan fingerprint density at radius 3 is 1.85 bits per heavy atom. The molecule has 146 valence electrons. The first-order chi connectivity index (χ1) is 12.6. The Morgan fingerprint density at radius 2 is 1.31 bits per heavy atom. The molecule has 0 aliphatic heterocycles. The molecule has 0 heterocycles. The van der Waals surface area contributed by atoms with Crippen LogP contribution in [0.25, 0.3) is 0 Å². The fourth-order valence-corrected chi connectivity index (χ4v) is 4.68. The van der Waals surface area contributed by atoms with Crippen LogP contribution in [0.5, 0.6) is 11.5 Å². The molecule has 0 atom stereocenters. The van der Waals surface area contributed by atoms with Crippen LogP contribution < -0.4 is 9.47 Å². The molecule has 2 nitrogen and oxygen atoms in total. The zero-order chi connectivity index (χ0) is 18.5. The molecule has 1 aromatic rings. The van der Waals surface area contributed by atoms with Crippen molar-refractivity contribution in [2.24, 2.45) is 23.7 Å². The van der Waals surface area contributed by atoms with E-state index < -0.39 is 11.6 Å². The molecule has 0 aromatic heterocycles. The Bertz CT molecular complexity index is 574.